The van der Waals surface area contributed by atoms with Gasteiger partial charge in [-0.05, 0) is 54.8 Å². The summed E-state index contributed by atoms with van der Waals surface area (Å²) in [7, 11) is 0. The van der Waals surface area contributed by atoms with Gasteiger partial charge in [-0.15, -0.1) is 16.9 Å². The molecule has 166 valence electrons. The molecule has 0 atom stereocenters. The van der Waals surface area contributed by atoms with Crippen LogP contribution in [0.1, 0.15) is 30.1 Å². The fourth-order valence-corrected chi connectivity index (χ4v) is 4.82. The second kappa shape index (κ2) is 10.2. The van der Waals surface area contributed by atoms with E-state index in [0.717, 1.165) is 46.4 Å². The summed E-state index contributed by atoms with van der Waals surface area (Å²) in [6.07, 6.45) is 4.08. The Balaban J connectivity index is 1.18. The number of rotatable bonds is 9. The molecule has 1 aliphatic carbocycles. The Labute approximate surface area is 201 Å². The fourth-order valence-electron chi connectivity index (χ4n) is 3.39. The van der Waals surface area contributed by atoms with Gasteiger partial charge in [-0.2, -0.15) is 0 Å². The highest BCUT2D eigenvalue weighted by Crippen LogP contribution is 2.40. The Kier molecular flexibility index (Phi) is 6.73. The molecule has 0 radical (unpaired) electrons. The number of benzene rings is 2. The first-order valence-corrected chi connectivity index (χ1v) is 12.8. The van der Waals surface area contributed by atoms with Gasteiger partial charge in [0.05, 0.1) is 16.5 Å². The van der Waals surface area contributed by atoms with Crippen molar-refractivity contribution in [1.82, 2.24) is 19.7 Å². The number of hydrogen-bond donors (Lipinski definition) is 1. The van der Waals surface area contributed by atoms with Crippen molar-refractivity contribution < 1.29 is 4.79 Å². The summed E-state index contributed by atoms with van der Waals surface area (Å²) in [6, 6.07) is 23.9. The van der Waals surface area contributed by atoms with Crippen molar-refractivity contribution in [1.29, 1.82) is 0 Å². The zero-order chi connectivity index (χ0) is 22.5. The van der Waals surface area contributed by atoms with Gasteiger partial charge in [0.2, 0.25) is 11.1 Å². The van der Waals surface area contributed by atoms with Crippen LogP contribution in [0.15, 0.2) is 89.2 Å². The van der Waals surface area contributed by atoms with E-state index in [4.69, 9.17) is 4.98 Å². The van der Waals surface area contributed by atoms with Crippen LogP contribution in [-0.2, 0) is 10.5 Å². The summed E-state index contributed by atoms with van der Waals surface area (Å²) in [5, 5.41) is 9.28. The summed E-state index contributed by atoms with van der Waals surface area (Å²) in [4.78, 5) is 21.6. The third kappa shape index (κ3) is 5.83. The van der Waals surface area contributed by atoms with Crippen LogP contribution in [0.3, 0.4) is 0 Å². The molecule has 1 saturated carbocycles. The molecule has 6 nitrogen and oxygen atoms in total. The van der Waals surface area contributed by atoms with Crippen LogP contribution in [0.5, 0.6) is 0 Å². The van der Waals surface area contributed by atoms with E-state index in [1.54, 1.807) is 18.0 Å². The van der Waals surface area contributed by atoms with Gasteiger partial charge in [0, 0.05) is 23.6 Å². The molecule has 1 fully saturated rings. The van der Waals surface area contributed by atoms with Crippen LogP contribution < -0.4 is 5.32 Å². The lowest BCUT2D eigenvalue weighted by atomic mass is 10.2. The van der Waals surface area contributed by atoms with E-state index in [-0.39, 0.29) is 11.7 Å². The minimum absolute atomic E-state index is 0.0708. The van der Waals surface area contributed by atoms with E-state index < -0.39 is 0 Å². The molecule has 0 spiro atoms. The highest BCUT2D eigenvalue weighted by atomic mass is 32.2. The second-order valence-electron chi connectivity index (χ2n) is 7.77. The highest BCUT2D eigenvalue weighted by molar-refractivity contribution is 7.99. The van der Waals surface area contributed by atoms with Crippen molar-refractivity contribution in [2.24, 2.45) is 0 Å². The Hall–Kier alpha value is -3.10. The SMILES string of the molecule is O=C(CSc1nc(C2CC2)n(-c2ccccc2)n1)Nc1cccc(CSc2ccccn2)c1. The monoisotopic (exact) mass is 473 g/mol. The smallest absolute Gasteiger partial charge is 0.234 e. The Morgan fingerprint density at radius 1 is 1.00 bits per heavy atom. The number of anilines is 1. The van der Waals surface area contributed by atoms with Gasteiger partial charge in [-0.1, -0.05) is 48.2 Å². The van der Waals surface area contributed by atoms with E-state index in [1.807, 2.05) is 71.4 Å². The van der Waals surface area contributed by atoms with Crippen molar-refractivity contribution in [2.45, 2.75) is 34.7 Å². The fraction of sp³-hybridized carbons (Fsp3) is 0.200. The summed E-state index contributed by atoms with van der Waals surface area (Å²) in [6.45, 7) is 0. The van der Waals surface area contributed by atoms with Crippen LogP contribution in [0.25, 0.3) is 5.69 Å². The van der Waals surface area contributed by atoms with E-state index in [0.29, 0.717) is 11.1 Å². The topological polar surface area (TPSA) is 72.7 Å². The lowest BCUT2D eigenvalue weighted by Crippen LogP contribution is -2.14. The van der Waals surface area contributed by atoms with Gasteiger partial charge in [0.25, 0.3) is 0 Å². The number of nitrogens with zero attached hydrogens (tertiary/aromatic N) is 4. The van der Waals surface area contributed by atoms with E-state index in [9.17, 15) is 4.79 Å². The molecule has 8 heteroatoms. The third-order valence-electron chi connectivity index (χ3n) is 5.12. The van der Waals surface area contributed by atoms with Crippen LogP contribution in [0.4, 0.5) is 5.69 Å². The molecular formula is C25H23N5OS2. The maximum atomic E-state index is 12.6. The van der Waals surface area contributed by atoms with Gasteiger partial charge in [0.15, 0.2) is 0 Å². The van der Waals surface area contributed by atoms with Gasteiger partial charge in [-0.25, -0.2) is 14.6 Å². The first-order valence-electron chi connectivity index (χ1n) is 10.8. The molecule has 2 aromatic heterocycles. The molecule has 2 heterocycles. The van der Waals surface area contributed by atoms with Crippen molar-refractivity contribution in [3.63, 3.8) is 0 Å². The number of carbonyl (C=O) groups excluding carboxylic acids is 1. The Morgan fingerprint density at radius 2 is 1.85 bits per heavy atom. The lowest BCUT2D eigenvalue weighted by Gasteiger charge is -2.07. The van der Waals surface area contributed by atoms with Crippen LogP contribution in [0, 0.1) is 0 Å². The summed E-state index contributed by atoms with van der Waals surface area (Å²) < 4.78 is 1.92. The molecule has 0 unspecified atom stereocenters. The lowest BCUT2D eigenvalue weighted by molar-refractivity contribution is -0.113. The summed E-state index contributed by atoms with van der Waals surface area (Å²) in [5.41, 5.74) is 2.93. The van der Waals surface area contributed by atoms with E-state index in [2.05, 4.69) is 21.5 Å². The zero-order valence-electron chi connectivity index (χ0n) is 17.9. The van der Waals surface area contributed by atoms with Gasteiger partial charge < -0.3 is 5.32 Å². The van der Waals surface area contributed by atoms with Crippen LogP contribution >= 0.6 is 23.5 Å². The molecule has 1 N–H and O–H groups in total. The first-order chi connectivity index (χ1) is 16.2. The van der Waals surface area contributed by atoms with Crippen molar-refractivity contribution in [2.75, 3.05) is 11.1 Å². The standard InChI is InChI=1S/C25H23N5OS2/c31-22(27-20-8-6-7-18(15-20)16-32-23-11-4-5-14-26-23)17-33-25-28-24(19-12-13-19)30(29-25)21-9-2-1-3-10-21/h1-11,14-15,19H,12-13,16-17H2,(H,27,31). The van der Waals surface area contributed by atoms with E-state index in [1.165, 1.54) is 11.8 Å². The van der Waals surface area contributed by atoms with Crippen molar-refractivity contribution >= 4 is 35.1 Å². The number of aromatic nitrogens is 4. The number of pyridine rings is 1. The largest absolute Gasteiger partial charge is 0.325 e. The average molecular weight is 474 g/mol. The molecular weight excluding hydrogens is 450 g/mol. The molecule has 33 heavy (non-hydrogen) atoms. The normalized spacial score (nSPS) is 13.1. The number of para-hydroxylation sites is 1. The molecule has 0 aliphatic heterocycles. The minimum Gasteiger partial charge on any atom is -0.325 e. The number of thioether (sulfide) groups is 2. The van der Waals surface area contributed by atoms with Crippen molar-refractivity contribution in [3.8, 4) is 5.69 Å². The van der Waals surface area contributed by atoms with Crippen molar-refractivity contribution in [3.05, 3.63) is 90.4 Å². The summed E-state index contributed by atoms with van der Waals surface area (Å²) in [5.74, 6) is 2.43. The Bertz CT molecular complexity index is 1230. The number of nitrogens with one attached hydrogen (secondary N) is 1. The number of hydrogen-bond acceptors (Lipinski definition) is 6. The average Bonchev–Trinajstić information content (AvgIpc) is 3.62. The molecule has 1 aliphatic rings. The third-order valence-corrected chi connectivity index (χ3v) is 6.98. The predicted molar refractivity (Wildman–Crippen MR) is 133 cm³/mol. The maximum absolute atomic E-state index is 12.6. The molecule has 5 rings (SSSR count). The molecule has 0 bridgehead atoms. The molecule has 0 saturated heterocycles. The van der Waals surface area contributed by atoms with Gasteiger partial charge in [0.1, 0.15) is 5.82 Å². The quantitative estimate of drug-likeness (QED) is 0.321. The molecule has 2 aromatic carbocycles. The zero-order valence-corrected chi connectivity index (χ0v) is 19.6. The Morgan fingerprint density at radius 3 is 2.64 bits per heavy atom. The second-order valence-corrected chi connectivity index (χ2v) is 9.71. The predicted octanol–water partition coefficient (Wildman–Crippen LogP) is 5.56. The highest BCUT2D eigenvalue weighted by Gasteiger charge is 2.30. The maximum Gasteiger partial charge on any atom is 0.234 e. The van der Waals surface area contributed by atoms with E-state index >= 15 is 0 Å². The molecule has 1 amide bonds. The summed E-state index contributed by atoms with van der Waals surface area (Å²) >= 11 is 3.04. The molecule has 4 aromatic rings. The number of amides is 1. The van der Waals surface area contributed by atoms with Gasteiger partial charge in [-0.3, -0.25) is 4.79 Å². The van der Waals surface area contributed by atoms with Gasteiger partial charge >= 0.3 is 0 Å². The minimum atomic E-state index is -0.0708. The number of carbonyl (C=O) groups is 1. The van der Waals surface area contributed by atoms with Crippen LogP contribution in [0.2, 0.25) is 0 Å². The van der Waals surface area contributed by atoms with Crippen LogP contribution in [-0.4, -0.2) is 31.4 Å². The first kappa shape index (κ1) is 21.7.